The Morgan fingerprint density at radius 1 is 0.863 bits per heavy atom. The van der Waals surface area contributed by atoms with Gasteiger partial charge in [-0.1, -0.05) is 78.1 Å². The highest BCUT2D eigenvalue weighted by Gasteiger charge is 2.52. The molecule has 1 fully saturated rings. The maximum Gasteiger partial charge on any atom is 0.495 e. The van der Waals surface area contributed by atoms with E-state index in [4.69, 9.17) is 15.0 Å². The number of benzene rings is 4. The number of carbonyl (C=O) groups is 1. The summed E-state index contributed by atoms with van der Waals surface area (Å²) in [6, 6.07) is 23.6. The second-order valence-electron chi connectivity index (χ2n) is 12.7. The monoisotopic (exact) mass is 876 g/mol. The van der Waals surface area contributed by atoms with Crippen LogP contribution in [0.1, 0.15) is 50.5 Å². The molecule has 2 aliphatic heterocycles. The minimum atomic E-state index is -0.337. The smallest absolute Gasteiger partial charge is 0.399 e. The average molecular weight is 879 g/mol. The highest BCUT2D eigenvalue weighted by atomic mass is 79.9. The first kappa shape index (κ1) is 40.3. The first-order valence-corrected chi connectivity index (χ1v) is 18.3. The van der Waals surface area contributed by atoms with Crippen LogP contribution in [0.3, 0.4) is 0 Å². The molecule has 51 heavy (non-hydrogen) atoms. The zero-order valence-corrected chi connectivity index (χ0v) is 34.0. The summed E-state index contributed by atoms with van der Waals surface area (Å²) in [6.45, 7) is 12.6. The van der Waals surface area contributed by atoms with Crippen molar-refractivity contribution in [1.82, 2.24) is 25.4 Å². The summed E-state index contributed by atoms with van der Waals surface area (Å²) in [5.41, 5.74) is 18.4. The number of halogens is 3. The van der Waals surface area contributed by atoms with Crippen LogP contribution in [0.4, 0.5) is 11.4 Å². The Morgan fingerprint density at radius 3 is 2.14 bits per heavy atom. The van der Waals surface area contributed by atoms with Gasteiger partial charge >= 0.3 is 7.12 Å². The van der Waals surface area contributed by atoms with Crippen LogP contribution in [0.2, 0.25) is 0 Å². The van der Waals surface area contributed by atoms with Gasteiger partial charge in [0.25, 0.3) is 0 Å². The van der Waals surface area contributed by atoms with Crippen molar-refractivity contribution in [1.29, 1.82) is 0 Å². The van der Waals surface area contributed by atoms with Crippen molar-refractivity contribution >= 4 is 108 Å². The van der Waals surface area contributed by atoms with Crippen LogP contribution >= 0.6 is 47.8 Å². The average Bonchev–Trinajstić information content (AvgIpc) is 3.87. The van der Waals surface area contributed by atoms with E-state index in [-0.39, 0.29) is 32.6 Å². The maximum absolute atomic E-state index is 11.1. The van der Waals surface area contributed by atoms with E-state index in [1.54, 1.807) is 6.20 Å². The van der Waals surface area contributed by atoms with Gasteiger partial charge in [-0.25, -0.2) is 10.1 Å². The quantitative estimate of drug-likeness (QED) is 0.0962. The largest absolute Gasteiger partial charge is 0.495 e. The van der Waals surface area contributed by atoms with Gasteiger partial charge in [0.15, 0.2) is 0 Å². The number of hydrogen-bond donors (Lipinski definition) is 4. The molecule has 0 spiro atoms. The van der Waals surface area contributed by atoms with Gasteiger partial charge in [0, 0.05) is 57.3 Å². The van der Waals surface area contributed by atoms with Gasteiger partial charge in [-0.2, -0.15) is 10.2 Å². The number of fused-ring (bicyclic) bond motifs is 3. The molecular formula is C36H39B2Br3N7O3. The van der Waals surface area contributed by atoms with E-state index in [1.165, 1.54) is 27.3 Å². The van der Waals surface area contributed by atoms with E-state index < -0.39 is 0 Å². The van der Waals surface area contributed by atoms with Gasteiger partial charge < -0.3 is 20.5 Å². The summed E-state index contributed by atoms with van der Waals surface area (Å²) in [5, 5.41) is 13.0. The van der Waals surface area contributed by atoms with Gasteiger partial charge in [0.1, 0.15) is 0 Å². The SMILES string of the molecule is Brc1cccc2c1CNN2.CC(=O)n1ncc2c(Br)cccc21.CC1(C)OB(c2cccc3[nH]ncc23)OC1(C)C.Cc1c(N)cccc1Br.[B]. The summed E-state index contributed by atoms with van der Waals surface area (Å²) < 4.78 is 16.7. The first-order valence-electron chi connectivity index (χ1n) is 15.9. The molecule has 2 aromatic heterocycles. The third-order valence-corrected chi connectivity index (χ3v) is 11.1. The van der Waals surface area contributed by atoms with Crippen molar-refractivity contribution in [2.24, 2.45) is 0 Å². The molecule has 5 N–H and O–H groups in total. The third kappa shape index (κ3) is 9.13. The van der Waals surface area contributed by atoms with E-state index in [1.807, 2.05) is 79.9 Å². The van der Waals surface area contributed by atoms with Crippen LogP contribution in [-0.2, 0) is 15.9 Å². The lowest BCUT2D eigenvalue weighted by Gasteiger charge is -2.32. The van der Waals surface area contributed by atoms with Crippen molar-refractivity contribution in [2.45, 2.75) is 59.3 Å². The molecule has 4 aromatic carbocycles. The number of H-pyrrole nitrogens is 1. The fourth-order valence-electron chi connectivity index (χ4n) is 5.14. The van der Waals surface area contributed by atoms with Crippen LogP contribution in [0.15, 0.2) is 98.6 Å². The van der Waals surface area contributed by atoms with Gasteiger partial charge in [-0.3, -0.25) is 9.89 Å². The molecule has 6 aromatic rings. The molecule has 10 nitrogen and oxygen atoms in total. The second kappa shape index (κ2) is 16.9. The molecule has 2 aliphatic rings. The summed E-state index contributed by atoms with van der Waals surface area (Å²) >= 11 is 10.2. The highest BCUT2D eigenvalue weighted by Crippen LogP contribution is 2.37. The van der Waals surface area contributed by atoms with Gasteiger partial charge in [0.2, 0.25) is 5.91 Å². The van der Waals surface area contributed by atoms with E-state index in [0.717, 1.165) is 54.0 Å². The lowest BCUT2D eigenvalue weighted by atomic mass is 9.77. The van der Waals surface area contributed by atoms with Crippen molar-refractivity contribution in [3.8, 4) is 0 Å². The normalized spacial score (nSPS) is 14.9. The van der Waals surface area contributed by atoms with Crippen molar-refractivity contribution in [2.75, 3.05) is 11.2 Å². The van der Waals surface area contributed by atoms with Crippen LogP contribution in [0.25, 0.3) is 21.8 Å². The number of aromatic amines is 1. The Morgan fingerprint density at radius 2 is 1.49 bits per heavy atom. The van der Waals surface area contributed by atoms with Crippen LogP contribution < -0.4 is 22.0 Å². The molecule has 1 saturated heterocycles. The Labute approximate surface area is 325 Å². The summed E-state index contributed by atoms with van der Waals surface area (Å²) in [4.78, 5) is 11.1. The van der Waals surface area contributed by atoms with Gasteiger partial charge in [-0.15, -0.1) is 0 Å². The predicted octanol–water partition coefficient (Wildman–Crippen LogP) is 8.16. The van der Waals surface area contributed by atoms with E-state index in [9.17, 15) is 4.79 Å². The molecule has 0 saturated carbocycles. The Kier molecular flexibility index (Phi) is 13.4. The zero-order chi connectivity index (χ0) is 36.2. The molecular weight excluding hydrogens is 840 g/mol. The number of aromatic nitrogens is 4. The fraction of sp³-hybridized carbons (Fsp3) is 0.250. The number of nitrogen functional groups attached to an aromatic ring is 1. The molecule has 0 atom stereocenters. The topological polar surface area (TPSA) is 132 Å². The number of carbonyl (C=O) groups excluding carboxylic acids is 1. The number of nitrogens with two attached hydrogens (primary N) is 1. The van der Waals surface area contributed by atoms with Crippen molar-refractivity contribution < 1.29 is 14.1 Å². The van der Waals surface area contributed by atoms with Gasteiger partial charge in [0.05, 0.1) is 40.3 Å². The number of hydrogen-bond acceptors (Lipinski definition) is 8. The van der Waals surface area contributed by atoms with Crippen molar-refractivity contribution in [3.63, 3.8) is 0 Å². The second-order valence-corrected chi connectivity index (χ2v) is 15.3. The van der Waals surface area contributed by atoms with Crippen LogP contribution in [0.5, 0.6) is 0 Å². The first-order chi connectivity index (χ1) is 23.7. The molecule has 0 amide bonds. The molecule has 8 rings (SSSR count). The van der Waals surface area contributed by atoms with Crippen LogP contribution in [-0.4, -0.2) is 52.6 Å². The molecule has 0 unspecified atom stereocenters. The Bertz CT molecular complexity index is 2100. The van der Waals surface area contributed by atoms with Gasteiger partial charge in [-0.05, 0) is 88.1 Å². The number of hydrazine groups is 1. The summed E-state index contributed by atoms with van der Waals surface area (Å²) in [6.07, 6.45) is 3.50. The van der Waals surface area contributed by atoms with E-state index >= 15 is 0 Å². The Hall–Kier alpha value is -3.46. The van der Waals surface area contributed by atoms with Crippen LogP contribution in [0, 0.1) is 6.92 Å². The van der Waals surface area contributed by atoms with E-state index in [0.29, 0.717) is 0 Å². The molecule has 0 aliphatic carbocycles. The standard InChI is InChI=1S/C13H17BN2O2.C9H7BrN2O.C7H7BrN2.C7H8BrN.B/c1-12(2)13(3,4)18-14(17-12)10-6-5-7-11-9(10)8-15-16-11;1-6(13)12-9-4-2-3-8(10)7(9)5-11-12;8-6-2-1-3-7-5(6)4-9-10-7;1-5-6(8)3-2-4-7(5)9;/h5-8H,1-4H3,(H,15,16);2-5H,1H3;1-3,9-10H,4H2;2-4H,9H2,1H3;. The lowest BCUT2D eigenvalue weighted by molar-refractivity contribution is 0.00578. The lowest BCUT2D eigenvalue weighted by Crippen LogP contribution is -2.41. The highest BCUT2D eigenvalue weighted by molar-refractivity contribution is 9.11. The number of nitrogens with one attached hydrogen (secondary N) is 3. The number of nitrogens with zero attached hydrogens (tertiary/aromatic N) is 3. The molecule has 3 radical (unpaired) electrons. The molecule has 0 bridgehead atoms. The Balaban J connectivity index is 0.000000157. The molecule has 15 heteroatoms. The van der Waals surface area contributed by atoms with E-state index in [2.05, 4.69) is 108 Å². The third-order valence-electron chi connectivity index (χ3n) is 8.80. The minimum absolute atomic E-state index is 0. The minimum Gasteiger partial charge on any atom is -0.399 e. The maximum atomic E-state index is 11.1. The fourth-order valence-corrected chi connectivity index (χ4v) is 6.49. The summed E-state index contributed by atoms with van der Waals surface area (Å²) in [5.74, 6) is -0.0758. The number of anilines is 2. The zero-order valence-electron chi connectivity index (χ0n) is 29.2. The number of rotatable bonds is 1. The van der Waals surface area contributed by atoms with Crippen molar-refractivity contribution in [3.05, 3.63) is 110 Å². The molecule has 263 valence electrons. The predicted molar refractivity (Wildman–Crippen MR) is 219 cm³/mol. The molecule has 4 heterocycles. The summed E-state index contributed by atoms with van der Waals surface area (Å²) in [7, 11) is -0.337.